The highest BCUT2D eigenvalue weighted by Gasteiger charge is 2.42. The lowest BCUT2D eigenvalue weighted by atomic mass is 10.1. The van der Waals surface area contributed by atoms with Crippen LogP contribution in [0.5, 0.6) is 11.5 Å². The summed E-state index contributed by atoms with van der Waals surface area (Å²) in [5, 5.41) is 8.25. The highest BCUT2D eigenvalue weighted by Crippen LogP contribution is 2.30. The Morgan fingerprint density at radius 2 is 1.72 bits per heavy atom. The number of nitrogens with one attached hydrogen (secondary N) is 1. The molecule has 0 saturated heterocycles. The molecule has 0 atom stereocenters. The molecular formula is C25H26N4O5S2. The van der Waals surface area contributed by atoms with E-state index in [9.17, 15) is 13.2 Å². The third-order valence-corrected chi connectivity index (χ3v) is 7.96. The Morgan fingerprint density at radius 1 is 1.06 bits per heavy atom. The highest BCUT2D eigenvalue weighted by atomic mass is 32.2. The van der Waals surface area contributed by atoms with Gasteiger partial charge in [-0.15, -0.1) is 0 Å². The number of amides is 1. The Hall–Kier alpha value is -3.44. The van der Waals surface area contributed by atoms with E-state index >= 15 is 0 Å². The van der Waals surface area contributed by atoms with E-state index in [-0.39, 0.29) is 27.5 Å². The van der Waals surface area contributed by atoms with Crippen LogP contribution in [0.15, 0.2) is 57.4 Å². The van der Waals surface area contributed by atoms with Gasteiger partial charge in [0.15, 0.2) is 0 Å². The Morgan fingerprint density at radius 3 is 2.39 bits per heavy atom. The summed E-state index contributed by atoms with van der Waals surface area (Å²) in [4.78, 5) is 17.5. The molecule has 0 radical (unpaired) electrons. The lowest BCUT2D eigenvalue weighted by Gasteiger charge is -2.24. The van der Waals surface area contributed by atoms with Gasteiger partial charge in [-0.1, -0.05) is 37.3 Å². The maximum Gasteiger partial charge on any atom is 0.283 e. The average molecular weight is 527 g/mol. The standard InChI is InChI=1S/C25H26N4O5S2/c1-4-36(31,32)25-28-35-24-27-23(30)20(22(26)29(24)25)15-18-9-11-19(12-10-18)33-13-6-14-34-21-16(2)7-5-8-17(21)3/h5,7-12,15,26H,4,6,13-14H2,1-3H3/b20-15-,26-22?. The number of carbonyl (C=O) groups excluding carboxylic acids is 1. The summed E-state index contributed by atoms with van der Waals surface area (Å²) < 4.78 is 40.3. The molecule has 4 rings (SSSR count). The topological polar surface area (TPSA) is 121 Å². The minimum Gasteiger partial charge on any atom is -0.493 e. The van der Waals surface area contributed by atoms with E-state index in [4.69, 9.17) is 14.9 Å². The molecule has 0 fully saturated rings. The number of nitrogens with zero attached hydrogens (tertiary/aromatic N) is 3. The Bertz CT molecular complexity index is 1380. The van der Waals surface area contributed by atoms with Crippen LogP contribution in [0.1, 0.15) is 30.0 Å². The number of hydrogen-bond donors (Lipinski definition) is 1. The molecule has 9 nitrogen and oxygen atoms in total. The van der Waals surface area contributed by atoms with Crippen LogP contribution in [0.2, 0.25) is 0 Å². The predicted octanol–water partition coefficient (Wildman–Crippen LogP) is 4.16. The van der Waals surface area contributed by atoms with Crippen molar-refractivity contribution in [3.63, 3.8) is 0 Å². The molecular weight excluding hydrogens is 500 g/mol. The molecule has 0 spiro atoms. The minimum absolute atomic E-state index is 0.0161. The molecule has 36 heavy (non-hydrogen) atoms. The number of benzene rings is 2. The number of fused-ring (bicyclic) bond motifs is 1. The number of aryl methyl sites for hydroxylation is 2. The fourth-order valence-electron chi connectivity index (χ4n) is 3.61. The van der Waals surface area contributed by atoms with Crippen LogP contribution >= 0.6 is 11.9 Å². The van der Waals surface area contributed by atoms with Gasteiger partial charge in [-0.2, -0.15) is 9.39 Å². The predicted molar refractivity (Wildman–Crippen MR) is 142 cm³/mol. The molecule has 0 bridgehead atoms. The molecule has 1 amide bonds. The van der Waals surface area contributed by atoms with Crippen molar-refractivity contribution in [2.75, 3.05) is 19.0 Å². The van der Waals surface area contributed by atoms with Crippen molar-refractivity contribution < 1.29 is 22.7 Å². The molecule has 11 heteroatoms. The number of ether oxygens (including phenoxy) is 2. The van der Waals surface area contributed by atoms with Crippen LogP contribution in [0.4, 0.5) is 0 Å². The van der Waals surface area contributed by atoms with E-state index in [2.05, 4.69) is 9.39 Å². The largest absolute Gasteiger partial charge is 0.493 e. The van der Waals surface area contributed by atoms with Crippen LogP contribution in [0.3, 0.4) is 0 Å². The smallest absolute Gasteiger partial charge is 0.283 e. The molecule has 0 unspecified atom stereocenters. The third-order valence-electron chi connectivity index (χ3n) is 5.56. The maximum atomic E-state index is 12.5. The molecule has 2 aliphatic heterocycles. The van der Waals surface area contributed by atoms with Gasteiger partial charge < -0.3 is 9.47 Å². The van der Waals surface area contributed by atoms with Crippen molar-refractivity contribution in [1.82, 2.24) is 4.90 Å². The summed E-state index contributed by atoms with van der Waals surface area (Å²) in [5.74, 6) is 0.514. The van der Waals surface area contributed by atoms with E-state index in [0.29, 0.717) is 30.9 Å². The van der Waals surface area contributed by atoms with E-state index < -0.39 is 15.7 Å². The first-order valence-electron chi connectivity index (χ1n) is 11.3. The molecule has 0 aliphatic carbocycles. The first-order chi connectivity index (χ1) is 17.2. The van der Waals surface area contributed by atoms with Crippen LogP contribution < -0.4 is 9.47 Å². The molecule has 2 aliphatic rings. The lowest BCUT2D eigenvalue weighted by molar-refractivity contribution is -0.114. The summed E-state index contributed by atoms with van der Waals surface area (Å²) in [6.45, 7) is 6.55. The van der Waals surface area contributed by atoms with Gasteiger partial charge in [0.05, 0.1) is 36.5 Å². The molecule has 0 aromatic heterocycles. The number of aliphatic imine (C=N–C) groups is 1. The number of hydrogen-bond acceptors (Lipinski definition) is 8. The molecule has 2 aromatic rings. The average Bonchev–Trinajstić information content (AvgIpc) is 3.29. The zero-order valence-corrected chi connectivity index (χ0v) is 21.8. The number of para-hydroxylation sites is 1. The van der Waals surface area contributed by atoms with Gasteiger partial charge in [0.2, 0.25) is 20.2 Å². The fraction of sp³-hybridized carbons (Fsp3) is 0.280. The zero-order valence-electron chi connectivity index (χ0n) is 20.1. The van der Waals surface area contributed by atoms with Gasteiger partial charge in [0, 0.05) is 6.42 Å². The monoisotopic (exact) mass is 526 g/mol. The lowest BCUT2D eigenvalue weighted by Crippen LogP contribution is -2.45. The molecule has 2 heterocycles. The second-order valence-corrected chi connectivity index (χ2v) is 11.1. The van der Waals surface area contributed by atoms with E-state index in [1.807, 2.05) is 32.0 Å². The van der Waals surface area contributed by atoms with Gasteiger partial charge in [0.25, 0.3) is 5.91 Å². The van der Waals surface area contributed by atoms with Gasteiger partial charge in [-0.25, -0.2) is 13.3 Å². The van der Waals surface area contributed by atoms with Crippen LogP contribution in [0, 0.1) is 19.3 Å². The molecule has 1 N–H and O–H groups in total. The summed E-state index contributed by atoms with van der Waals surface area (Å²) in [5.41, 5.74) is 2.84. The van der Waals surface area contributed by atoms with Crippen molar-refractivity contribution in [1.29, 1.82) is 5.41 Å². The number of carbonyl (C=O) groups is 1. The zero-order chi connectivity index (χ0) is 25.9. The first kappa shape index (κ1) is 25.6. The van der Waals surface area contributed by atoms with E-state index in [0.717, 1.165) is 33.7 Å². The van der Waals surface area contributed by atoms with Crippen LogP contribution in [-0.4, -0.2) is 54.4 Å². The van der Waals surface area contributed by atoms with Crippen molar-refractivity contribution in [3.05, 3.63) is 64.7 Å². The summed E-state index contributed by atoms with van der Waals surface area (Å²) in [6, 6.07) is 13.1. The first-order valence-corrected chi connectivity index (χ1v) is 13.8. The van der Waals surface area contributed by atoms with E-state index in [1.54, 1.807) is 24.3 Å². The Balaban J connectivity index is 1.36. The molecule has 2 aromatic carbocycles. The highest BCUT2D eigenvalue weighted by molar-refractivity contribution is 8.16. The molecule has 188 valence electrons. The Kier molecular flexibility index (Phi) is 7.60. The number of rotatable bonds is 8. The third kappa shape index (κ3) is 5.36. The van der Waals surface area contributed by atoms with E-state index in [1.165, 1.54) is 13.0 Å². The van der Waals surface area contributed by atoms with Crippen molar-refractivity contribution in [3.8, 4) is 11.5 Å². The van der Waals surface area contributed by atoms with Crippen molar-refractivity contribution in [2.45, 2.75) is 27.2 Å². The van der Waals surface area contributed by atoms with Crippen molar-refractivity contribution in [2.24, 2.45) is 9.39 Å². The Labute approximate surface area is 214 Å². The second kappa shape index (κ2) is 10.7. The normalized spacial score (nSPS) is 16.6. The maximum absolute atomic E-state index is 12.5. The second-order valence-electron chi connectivity index (χ2n) is 8.15. The van der Waals surface area contributed by atoms with Crippen LogP contribution in [-0.2, 0) is 14.6 Å². The quantitative estimate of drug-likeness (QED) is 0.311. The summed E-state index contributed by atoms with van der Waals surface area (Å²) in [6.07, 6.45) is 2.22. The van der Waals surface area contributed by atoms with Gasteiger partial charge in [-0.3, -0.25) is 10.2 Å². The number of amidine groups is 3. The number of sulfone groups is 1. The van der Waals surface area contributed by atoms with Gasteiger partial charge in [0.1, 0.15) is 17.3 Å². The SMILES string of the molecule is CCS(=O)(=O)C1=NSC2=NC(=O)/C(=C\c3ccc(OCCCOc4c(C)cccc4C)cc3)C(=N)N21. The summed E-state index contributed by atoms with van der Waals surface area (Å²) in [7, 11) is -3.68. The fourth-order valence-corrected chi connectivity index (χ4v) is 5.57. The minimum atomic E-state index is -3.68. The summed E-state index contributed by atoms with van der Waals surface area (Å²) >= 11 is 0.776. The van der Waals surface area contributed by atoms with Gasteiger partial charge >= 0.3 is 0 Å². The van der Waals surface area contributed by atoms with Crippen LogP contribution in [0.25, 0.3) is 6.08 Å². The molecule has 0 saturated carbocycles. The van der Waals surface area contributed by atoms with Gasteiger partial charge in [-0.05, 0) is 48.7 Å². The van der Waals surface area contributed by atoms with Crippen molar-refractivity contribution >= 4 is 49.9 Å².